The molecular weight excluding hydrogens is 442 g/mol. The van der Waals surface area contributed by atoms with Crippen LogP contribution >= 0.6 is 0 Å². The van der Waals surface area contributed by atoms with E-state index in [0.29, 0.717) is 6.61 Å². The number of carbonyl (C=O) groups is 1. The number of aliphatic hydroxyl groups excluding tert-OH is 4. The monoisotopic (exact) mass is 479 g/mol. The van der Waals surface area contributed by atoms with Crippen molar-refractivity contribution in [3.63, 3.8) is 0 Å². The fraction of sp³-hybridized carbons (Fsp3) is 0.952. The van der Waals surface area contributed by atoms with E-state index in [2.05, 4.69) is 5.32 Å². The van der Waals surface area contributed by atoms with Crippen molar-refractivity contribution in [1.82, 2.24) is 5.32 Å². The third-order valence-corrected chi connectivity index (χ3v) is 5.95. The lowest BCUT2D eigenvalue weighted by Gasteiger charge is -2.52. The highest BCUT2D eigenvalue weighted by Crippen LogP contribution is 2.36. The number of amides is 1. The SMILES string of the molecule is CCCCO[C@@H]1OC2COC(C)(C)O[C@H]2C(O[C@@H]2OC(CO)[C@H](O)C(O)[C@@H]2O)[C@@H]1NC(C)=O. The van der Waals surface area contributed by atoms with Gasteiger partial charge in [0, 0.05) is 13.5 Å². The Labute approximate surface area is 193 Å². The molecule has 33 heavy (non-hydrogen) atoms. The van der Waals surface area contributed by atoms with Crippen LogP contribution in [0.3, 0.4) is 0 Å². The first-order valence-electron chi connectivity index (χ1n) is 11.4. The van der Waals surface area contributed by atoms with Crippen molar-refractivity contribution in [2.75, 3.05) is 19.8 Å². The molecule has 3 aliphatic heterocycles. The lowest BCUT2D eigenvalue weighted by molar-refractivity contribution is -0.393. The van der Waals surface area contributed by atoms with E-state index >= 15 is 0 Å². The Morgan fingerprint density at radius 2 is 1.85 bits per heavy atom. The van der Waals surface area contributed by atoms with Crippen molar-refractivity contribution in [3.8, 4) is 0 Å². The van der Waals surface area contributed by atoms with Gasteiger partial charge in [-0.05, 0) is 20.3 Å². The van der Waals surface area contributed by atoms with Crippen LogP contribution in [0.15, 0.2) is 0 Å². The average Bonchev–Trinajstić information content (AvgIpc) is 2.75. The molecule has 3 fully saturated rings. The molecule has 0 aromatic rings. The molecule has 5 N–H and O–H groups in total. The summed E-state index contributed by atoms with van der Waals surface area (Å²) in [6.07, 6.45) is -8.84. The lowest BCUT2D eigenvalue weighted by Crippen LogP contribution is -2.70. The van der Waals surface area contributed by atoms with Crippen LogP contribution in [0, 0.1) is 0 Å². The maximum atomic E-state index is 12.0. The van der Waals surface area contributed by atoms with Gasteiger partial charge in [-0.15, -0.1) is 0 Å². The summed E-state index contributed by atoms with van der Waals surface area (Å²) in [6, 6.07) is -0.845. The van der Waals surface area contributed by atoms with Gasteiger partial charge in [0.25, 0.3) is 0 Å². The zero-order valence-corrected chi connectivity index (χ0v) is 19.5. The Hall–Kier alpha value is -0.930. The van der Waals surface area contributed by atoms with Gasteiger partial charge in [0.05, 0.1) is 13.2 Å². The number of ether oxygens (including phenoxy) is 6. The van der Waals surface area contributed by atoms with E-state index in [1.165, 1.54) is 6.92 Å². The number of carbonyl (C=O) groups excluding carboxylic acids is 1. The van der Waals surface area contributed by atoms with Crippen LogP contribution in [-0.4, -0.2) is 113 Å². The van der Waals surface area contributed by atoms with Gasteiger partial charge in [0.2, 0.25) is 5.91 Å². The third-order valence-electron chi connectivity index (χ3n) is 5.95. The predicted molar refractivity (Wildman–Crippen MR) is 111 cm³/mol. The van der Waals surface area contributed by atoms with E-state index in [1.807, 2.05) is 6.92 Å². The minimum Gasteiger partial charge on any atom is -0.394 e. The summed E-state index contributed by atoms with van der Waals surface area (Å²) in [4.78, 5) is 12.0. The van der Waals surface area contributed by atoms with Crippen molar-refractivity contribution >= 4 is 5.91 Å². The van der Waals surface area contributed by atoms with Gasteiger partial charge in [-0.3, -0.25) is 4.79 Å². The van der Waals surface area contributed by atoms with Gasteiger partial charge in [-0.2, -0.15) is 0 Å². The van der Waals surface area contributed by atoms with Crippen molar-refractivity contribution in [1.29, 1.82) is 0 Å². The molecule has 3 aliphatic rings. The van der Waals surface area contributed by atoms with Gasteiger partial charge in [-0.1, -0.05) is 13.3 Å². The van der Waals surface area contributed by atoms with Crippen molar-refractivity contribution in [2.24, 2.45) is 0 Å². The molecule has 10 atom stereocenters. The van der Waals surface area contributed by atoms with Crippen molar-refractivity contribution in [2.45, 2.75) is 108 Å². The van der Waals surface area contributed by atoms with Crippen LogP contribution in [0.25, 0.3) is 0 Å². The Morgan fingerprint density at radius 1 is 1.12 bits per heavy atom. The fourth-order valence-corrected chi connectivity index (χ4v) is 4.20. The number of nitrogens with one attached hydrogen (secondary N) is 1. The van der Waals surface area contributed by atoms with E-state index < -0.39 is 73.7 Å². The van der Waals surface area contributed by atoms with Crippen LogP contribution in [-0.2, 0) is 33.2 Å². The molecule has 0 radical (unpaired) electrons. The first-order chi connectivity index (χ1) is 15.6. The van der Waals surface area contributed by atoms with Crippen LogP contribution in [0.5, 0.6) is 0 Å². The van der Waals surface area contributed by atoms with Gasteiger partial charge in [0.1, 0.15) is 48.8 Å². The first kappa shape index (κ1) is 26.7. The van der Waals surface area contributed by atoms with Crippen molar-refractivity contribution in [3.05, 3.63) is 0 Å². The quantitative estimate of drug-likeness (QED) is 0.254. The zero-order valence-electron chi connectivity index (χ0n) is 19.5. The van der Waals surface area contributed by atoms with E-state index in [9.17, 15) is 25.2 Å². The molecule has 0 aromatic heterocycles. The van der Waals surface area contributed by atoms with Gasteiger partial charge in [0.15, 0.2) is 18.4 Å². The van der Waals surface area contributed by atoms with E-state index in [1.54, 1.807) is 13.8 Å². The Bertz CT molecular complexity index is 648. The van der Waals surface area contributed by atoms with Gasteiger partial charge >= 0.3 is 0 Å². The van der Waals surface area contributed by atoms with E-state index in [4.69, 9.17) is 28.4 Å². The van der Waals surface area contributed by atoms with Crippen LogP contribution < -0.4 is 5.32 Å². The molecule has 3 heterocycles. The second-order valence-corrected chi connectivity index (χ2v) is 9.08. The summed E-state index contributed by atoms with van der Waals surface area (Å²) in [5.41, 5.74) is 0. The highest BCUT2D eigenvalue weighted by atomic mass is 16.8. The molecular formula is C21H37NO11. The number of fused-ring (bicyclic) bond motifs is 1. The summed E-state index contributed by atoms with van der Waals surface area (Å²) in [5, 5.41) is 43.1. The van der Waals surface area contributed by atoms with E-state index in [-0.39, 0.29) is 12.5 Å². The highest BCUT2D eigenvalue weighted by Gasteiger charge is 2.55. The second kappa shape index (κ2) is 11.2. The normalized spacial score (nSPS) is 43.0. The minimum atomic E-state index is -1.62. The molecule has 12 nitrogen and oxygen atoms in total. The van der Waals surface area contributed by atoms with Crippen LogP contribution in [0.1, 0.15) is 40.5 Å². The number of aliphatic hydroxyl groups is 4. The molecule has 3 rings (SSSR count). The minimum absolute atomic E-state index is 0.173. The smallest absolute Gasteiger partial charge is 0.217 e. The molecule has 1 amide bonds. The molecule has 0 spiro atoms. The summed E-state index contributed by atoms with van der Waals surface area (Å²) in [7, 11) is 0. The second-order valence-electron chi connectivity index (χ2n) is 9.08. The lowest BCUT2D eigenvalue weighted by atomic mass is 9.94. The summed E-state index contributed by atoms with van der Waals surface area (Å²) in [6.45, 7) is 6.77. The summed E-state index contributed by atoms with van der Waals surface area (Å²) in [5.74, 6) is -1.34. The van der Waals surface area contributed by atoms with Crippen LogP contribution in [0.4, 0.5) is 0 Å². The Balaban J connectivity index is 1.89. The zero-order chi connectivity index (χ0) is 24.3. The molecule has 192 valence electrons. The topological polar surface area (TPSA) is 165 Å². The van der Waals surface area contributed by atoms with Gasteiger partial charge in [-0.25, -0.2) is 0 Å². The number of hydrogen-bond acceptors (Lipinski definition) is 11. The van der Waals surface area contributed by atoms with Crippen molar-refractivity contribution < 1.29 is 53.6 Å². The Morgan fingerprint density at radius 3 is 2.48 bits per heavy atom. The first-order valence-corrected chi connectivity index (χ1v) is 11.4. The Kier molecular flexibility index (Phi) is 9.06. The number of hydrogen-bond donors (Lipinski definition) is 5. The predicted octanol–water partition coefficient (Wildman–Crippen LogP) is -1.63. The molecule has 0 saturated carbocycles. The molecule has 4 unspecified atom stereocenters. The number of rotatable bonds is 8. The molecule has 3 saturated heterocycles. The largest absolute Gasteiger partial charge is 0.394 e. The molecule has 0 aliphatic carbocycles. The molecule has 0 aromatic carbocycles. The average molecular weight is 480 g/mol. The maximum absolute atomic E-state index is 12.0. The standard InChI is InChI=1S/C21H37NO11/c1-5-6-7-28-19-13(22-10(2)24)18(17-12(31-19)9-29-21(3,4)33-17)32-20-16(27)15(26)14(25)11(8-23)30-20/h11-20,23,25-27H,5-9H2,1-4H3,(H,22,24)/t11?,12?,13-,14-,15?,16-,17+,18?,19+,20-/m0/s1. The fourth-order valence-electron chi connectivity index (χ4n) is 4.20. The third kappa shape index (κ3) is 6.20. The maximum Gasteiger partial charge on any atom is 0.217 e. The molecule has 0 bridgehead atoms. The van der Waals surface area contributed by atoms with Gasteiger partial charge < -0.3 is 54.2 Å². The number of unbranched alkanes of at least 4 members (excludes halogenated alkanes) is 1. The molecule has 12 heteroatoms. The summed E-state index contributed by atoms with van der Waals surface area (Å²) >= 11 is 0. The van der Waals surface area contributed by atoms with E-state index in [0.717, 1.165) is 12.8 Å². The summed E-state index contributed by atoms with van der Waals surface area (Å²) < 4.78 is 35.4. The highest BCUT2D eigenvalue weighted by molar-refractivity contribution is 5.73. The van der Waals surface area contributed by atoms with Crippen LogP contribution in [0.2, 0.25) is 0 Å².